The van der Waals surface area contributed by atoms with Crippen LogP contribution in [-0.2, 0) is 9.59 Å². The van der Waals surface area contributed by atoms with Crippen molar-refractivity contribution in [1.82, 2.24) is 20.4 Å². The SMILES string of the molecule is Cc1cc(-c2cc(C(=O)NCCCN3C(=O)CCC3=O)c3c(C)noc3n2)c(C)o1. The van der Waals surface area contributed by atoms with E-state index >= 15 is 0 Å². The van der Waals surface area contributed by atoms with Crippen LogP contribution in [0.2, 0.25) is 0 Å². The summed E-state index contributed by atoms with van der Waals surface area (Å²) in [5.74, 6) is 0.833. The van der Waals surface area contributed by atoms with Gasteiger partial charge in [-0.05, 0) is 39.3 Å². The summed E-state index contributed by atoms with van der Waals surface area (Å²) < 4.78 is 10.9. The smallest absolute Gasteiger partial charge is 0.259 e. The second-order valence-electron chi connectivity index (χ2n) is 7.38. The molecule has 0 spiro atoms. The summed E-state index contributed by atoms with van der Waals surface area (Å²) in [6.07, 6.45) is 1.01. The highest BCUT2D eigenvalue weighted by atomic mass is 16.5. The maximum atomic E-state index is 12.9. The van der Waals surface area contributed by atoms with E-state index in [1.807, 2.05) is 19.9 Å². The molecule has 156 valence electrons. The molecule has 0 unspecified atom stereocenters. The van der Waals surface area contributed by atoms with Crippen LogP contribution in [0.5, 0.6) is 0 Å². The lowest BCUT2D eigenvalue weighted by molar-refractivity contribution is -0.138. The number of furan rings is 1. The predicted octanol–water partition coefficient (Wildman–Crippen LogP) is 2.68. The summed E-state index contributed by atoms with van der Waals surface area (Å²) >= 11 is 0. The van der Waals surface area contributed by atoms with Gasteiger partial charge in [0.15, 0.2) is 0 Å². The van der Waals surface area contributed by atoms with Crippen molar-refractivity contribution in [3.8, 4) is 11.3 Å². The van der Waals surface area contributed by atoms with Crippen LogP contribution in [-0.4, -0.2) is 45.9 Å². The molecule has 1 fully saturated rings. The van der Waals surface area contributed by atoms with Crippen LogP contribution in [0, 0.1) is 20.8 Å². The highest BCUT2D eigenvalue weighted by Crippen LogP contribution is 2.30. The van der Waals surface area contributed by atoms with Crippen LogP contribution in [0.1, 0.15) is 46.8 Å². The fourth-order valence-electron chi connectivity index (χ4n) is 3.70. The summed E-state index contributed by atoms with van der Waals surface area (Å²) in [6.45, 7) is 6.05. The van der Waals surface area contributed by atoms with Gasteiger partial charge in [0, 0.05) is 31.5 Å². The van der Waals surface area contributed by atoms with Crippen molar-refractivity contribution in [3.05, 3.63) is 34.9 Å². The number of nitrogens with zero attached hydrogens (tertiary/aromatic N) is 3. The molecule has 4 heterocycles. The molecule has 3 aromatic rings. The lowest BCUT2D eigenvalue weighted by Gasteiger charge is -2.14. The molecule has 1 aliphatic heterocycles. The molecular weight excluding hydrogens is 388 g/mol. The molecule has 30 heavy (non-hydrogen) atoms. The van der Waals surface area contributed by atoms with Gasteiger partial charge in [-0.2, -0.15) is 0 Å². The molecule has 3 aromatic heterocycles. The predicted molar refractivity (Wildman–Crippen MR) is 107 cm³/mol. The summed E-state index contributed by atoms with van der Waals surface area (Å²) in [5.41, 5.74) is 2.60. The van der Waals surface area contributed by atoms with Crippen molar-refractivity contribution in [2.45, 2.75) is 40.0 Å². The Kier molecular flexibility index (Phi) is 5.11. The quantitative estimate of drug-likeness (QED) is 0.490. The third-order valence-electron chi connectivity index (χ3n) is 5.18. The highest BCUT2D eigenvalue weighted by Gasteiger charge is 2.28. The van der Waals surface area contributed by atoms with Gasteiger partial charge < -0.3 is 14.3 Å². The normalized spacial score (nSPS) is 14.2. The largest absolute Gasteiger partial charge is 0.466 e. The fourth-order valence-corrected chi connectivity index (χ4v) is 3.70. The lowest BCUT2D eigenvalue weighted by Crippen LogP contribution is -2.33. The van der Waals surface area contributed by atoms with Gasteiger partial charge in [0.05, 0.1) is 22.3 Å². The van der Waals surface area contributed by atoms with Gasteiger partial charge in [0.1, 0.15) is 11.5 Å². The molecule has 1 aliphatic rings. The molecule has 0 atom stereocenters. The maximum absolute atomic E-state index is 12.9. The van der Waals surface area contributed by atoms with Crippen LogP contribution in [0.4, 0.5) is 0 Å². The van der Waals surface area contributed by atoms with Crippen LogP contribution in [0.15, 0.2) is 21.1 Å². The molecule has 0 aliphatic carbocycles. The highest BCUT2D eigenvalue weighted by molar-refractivity contribution is 6.07. The summed E-state index contributed by atoms with van der Waals surface area (Å²) in [4.78, 5) is 42.0. The number of pyridine rings is 1. The van der Waals surface area contributed by atoms with Crippen molar-refractivity contribution in [1.29, 1.82) is 0 Å². The monoisotopic (exact) mass is 410 g/mol. The number of likely N-dealkylation sites (tertiary alicyclic amines) is 1. The zero-order chi connectivity index (χ0) is 21.4. The Morgan fingerprint density at radius 2 is 1.90 bits per heavy atom. The minimum Gasteiger partial charge on any atom is -0.466 e. The number of amides is 3. The van der Waals surface area contributed by atoms with E-state index in [1.54, 1.807) is 13.0 Å². The van der Waals surface area contributed by atoms with Gasteiger partial charge in [0.2, 0.25) is 11.8 Å². The van der Waals surface area contributed by atoms with E-state index in [0.29, 0.717) is 47.6 Å². The maximum Gasteiger partial charge on any atom is 0.259 e. The molecule has 9 nitrogen and oxygen atoms in total. The number of imide groups is 1. The summed E-state index contributed by atoms with van der Waals surface area (Å²) in [7, 11) is 0. The molecule has 0 radical (unpaired) electrons. The minimum atomic E-state index is -0.299. The Morgan fingerprint density at radius 3 is 2.57 bits per heavy atom. The average Bonchev–Trinajstić information content (AvgIpc) is 3.36. The van der Waals surface area contributed by atoms with Crippen LogP contribution in [0.25, 0.3) is 22.4 Å². The molecule has 4 rings (SSSR count). The molecular formula is C21H22N4O5. The zero-order valence-electron chi connectivity index (χ0n) is 17.1. The first kappa shape index (κ1) is 19.8. The van der Waals surface area contributed by atoms with E-state index in [0.717, 1.165) is 11.3 Å². The van der Waals surface area contributed by atoms with Gasteiger partial charge in [-0.3, -0.25) is 19.3 Å². The Hall–Kier alpha value is -3.49. The van der Waals surface area contributed by atoms with E-state index in [4.69, 9.17) is 8.94 Å². The number of fused-ring (bicyclic) bond motifs is 1. The molecule has 9 heteroatoms. The van der Waals surface area contributed by atoms with E-state index in [1.165, 1.54) is 4.90 Å². The Bertz CT molecular complexity index is 1140. The second-order valence-corrected chi connectivity index (χ2v) is 7.38. The number of carbonyl (C=O) groups excluding carboxylic acids is 3. The van der Waals surface area contributed by atoms with Gasteiger partial charge in [-0.25, -0.2) is 4.98 Å². The Morgan fingerprint density at radius 1 is 1.17 bits per heavy atom. The summed E-state index contributed by atoms with van der Waals surface area (Å²) in [6, 6.07) is 3.56. The van der Waals surface area contributed by atoms with Gasteiger partial charge in [0.25, 0.3) is 11.6 Å². The molecule has 0 saturated carbocycles. The number of hydrogen-bond donors (Lipinski definition) is 1. The summed E-state index contributed by atoms with van der Waals surface area (Å²) in [5, 5.41) is 7.35. The van der Waals surface area contributed by atoms with Crippen molar-refractivity contribution in [2.24, 2.45) is 0 Å². The minimum absolute atomic E-state index is 0.155. The standard InChI is InChI=1S/C21H22N4O5/c1-11-9-14(13(3)29-11)16-10-15(19-12(2)24-30-21(19)23-16)20(28)22-7-4-8-25-17(26)5-6-18(25)27/h9-10H,4-8H2,1-3H3,(H,22,28). The van der Waals surface area contributed by atoms with Crippen molar-refractivity contribution < 1.29 is 23.3 Å². The van der Waals surface area contributed by atoms with Crippen molar-refractivity contribution >= 4 is 28.8 Å². The molecule has 1 N–H and O–H groups in total. The lowest BCUT2D eigenvalue weighted by atomic mass is 10.1. The van der Waals surface area contributed by atoms with Crippen LogP contribution < -0.4 is 5.32 Å². The van der Waals surface area contributed by atoms with Crippen LogP contribution in [0.3, 0.4) is 0 Å². The number of rotatable bonds is 6. The van der Waals surface area contributed by atoms with Gasteiger partial charge in [-0.1, -0.05) is 5.16 Å². The Balaban J connectivity index is 1.54. The molecule has 3 amide bonds. The van der Waals surface area contributed by atoms with Gasteiger partial charge >= 0.3 is 0 Å². The number of hydrogen-bond acceptors (Lipinski definition) is 7. The number of aryl methyl sites for hydroxylation is 3. The zero-order valence-corrected chi connectivity index (χ0v) is 17.1. The van der Waals surface area contributed by atoms with Crippen LogP contribution >= 0.6 is 0 Å². The number of carbonyl (C=O) groups is 3. The average molecular weight is 410 g/mol. The Labute approximate surface area is 172 Å². The topological polar surface area (TPSA) is 119 Å². The van der Waals surface area contributed by atoms with Gasteiger partial charge in [-0.15, -0.1) is 0 Å². The molecule has 0 bridgehead atoms. The van der Waals surface area contributed by atoms with E-state index in [-0.39, 0.29) is 36.3 Å². The van der Waals surface area contributed by atoms with E-state index < -0.39 is 0 Å². The first-order valence-electron chi connectivity index (χ1n) is 9.81. The van der Waals surface area contributed by atoms with Crippen molar-refractivity contribution in [3.63, 3.8) is 0 Å². The second kappa shape index (κ2) is 7.74. The van der Waals surface area contributed by atoms with E-state index in [2.05, 4.69) is 15.5 Å². The molecule has 0 aromatic carbocycles. The molecule has 1 saturated heterocycles. The number of aromatic nitrogens is 2. The third-order valence-corrected chi connectivity index (χ3v) is 5.18. The number of nitrogens with one attached hydrogen (secondary N) is 1. The fraction of sp³-hybridized carbons (Fsp3) is 0.381. The first-order chi connectivity index (χ1) is 14.3. The first-order valence-corrected chi connectivity index (χ1v) is 9.81. The van der Waals surface area contributed by atoms with E-state index in [9.17, 15) is 14.4 Å². The third kappa shape index (κ3) is 3.58. The van der Waals surface area contributed by atoms with Crippen molar-refractivity contribution in [2.75, 3.05) is 13.1 Å².